The van der Waals surface area contributed by atoms with Crippen LogP contribution in [0.3, 0.4) is 0 Å². The average molecular weight is 238 g/mol. The van der Waals surface area contributed by atoms with E-state index in [0.717, 1.165) is 19.6 Å². The smallest absolute Gasteiger partial charge is 0.225 e. The van der Waals surface area contributed by atoms with Crippen molar-refractivity contribution in [3.8, 4) is 0 Å². The molecule has 0 saturated carbocycles. The van der Waals surface area contributed by atoms with Gasteiger partial charge in [0.05, 0.1) is 6.57 Å². The van der Waals surface area contributed by atoms with Crippen LogP contribution in [0.1, 0.15) is 0 Å². The van der Waals surface area contributed by atoms with Gasteiger partial charge >= 0.3 is 0 Å². The van der Waals surface area contributed by atoms with Crippen molar-refractivity contribution in [2.24, 2.45) is 0 Å². The molecular weight excluding hydrogens is 234 g/mol. The number of thiophene rings is 1. The maximum absolute atomic E-state index is 6.92. The molecule has 0 atom stereocenters. The summed E-state index contributed by atoms with van der Waals surface area (Å²) in [6, 6.07) is 8.01. The lowest BCUT2D eigenvalue weighted by Gasteiger charge is -1.86. The van der Waals surface area contributed by atoms with E-state index in [1.807, 2.05) is 24.3 Å². The Labute approximate surface area is 82.6 Å². The molecule has 0 saturated heterocycles. The number of hydrogen-bond acceptors (Lipinski definition) is 1. The average Bonchev–Trinajstić information content (AvgIpc) is 2.44. The molecule has 0 unspecified atom stereocenters. The molecule has 0 aliphatic carbocycles. The lowest BCUT2D eigenvalue weighted by atomic mass is 10.3. The van der Waals surface area contributed by atoms with Gasteiger partial charge < -0.3 is 0 Å². The molecule has 2 rings (SSSR count). The lowest BCUT2D eigenvalue weighted by molar-refractivity contribution is 1.83. The summed E-state index contributed by atoms with van der Waals surface area (Å²) in [7, 11) is 0. The number of hydrogen-bond donors (Lipinski definition) is 0. The minimum Gasteiger partial charge on any atom is -0.225 e. The van der Waals surface area contributed by atoms with Crippen LogP contribution in [0.4, 0.5) is 5.00 Å². The summed E-state index contributed by atoms with van der Waals surface area (Å²) >= 11 is 4.93. The summed E-state index contributed by atoms with van der Waals surface area (Å²) in [6.07, 6.45) is 0. The Hall–Kier alpha value is -0.850. The number of halogens is 1. The van der Waals surface area contributed by atoms with Gasteiger partial charge in [0.1, 0.15) is 0 Å². The van der Waals surface area contributed by atoms with E-state index < -0.39 is 0 Å². The van der Waals surface area contributed by atoms with Gasteiger partial charge in [-0.25, -0.2) is 4.85 Å². The van der Waals surface area contributed by atoms with Crippen molar-refractivity contribution in [1.82, 2.24) is 0 Å². The molecule has 0 amide bonds. The summed E-state index contributed by atoms with van der Waals surface area (Å²) < 4.78 is 2.09. The van der Waals surface area contributed by atoms with Crippen LogP contribution >= 0.6 is 27.3 Å². The SMILES string of the molecule is [C-]#[N+]c1sc2ccccc2c1Br. The number of benzene rings is 1. The van der Waals surface area contributed by atoms with Crippen LogP contribution in [-0.4, -0.2) is 0 Å². The van der Waals surface area contributed by atoms with Gasteiger partial charge in [-0.15, -0.1) is 0 Å². The highest BCUT2D eigenvalue weighted by atomic mass is 79.9. The summed E-state index contributed by atoms with van der Waals surface area (Å²) in [5.41, 5.74) is 0. The molecule has 0 bridgehead atoms. The monoisotopic (exact) mass is 237 g/mol. The van der Waals surface area contributed by atoms with Crippen LogP contribution in [0.2, 0.25) is 0 Å². The molecule has 0 N–H and O–H groups in total. The zero-order valence-electron chi connectivity index (χ0n) is 6.04. The summed E-state index contributed by atoms with van der Waals surface area (Å²) in [5, 5.41) is 1.87. The van der Waals surface area contributed by atoms with E-state index in [1.165, 1.54) is 11.3 Å². The van der Waals surface area contributed by atoms with Gasteiger partial charge in [-0.3, -0.25) is 0 Å². The van der Waals surface area contributed by atoms with Crippen LogP contribution < -0.4 is 0 Å². The van der Waals surface area contributed by atoms with Crippen molar-refractivity contribution in [2.75, 3.05) is 0 Å². The molecule has 1 aromatic heterocycles. The Morgan fingerprint density at radius 3 is 2.75 bits per heavy atom. The topological polar surface area (TPSA) is 4.36 Å². The molecule has 0 radical (unpaired) electrons. The Bertz CT molecular complexity index is 467. The van der Waals surface area contributed by atoms with Crippen molar-refractivity contribution in [3.63, 3.8) is 0 Å². The highest BCUT2D eigenvalue weighted by molar-refractivity contribution is 9.10. The number of nitrogens with zero attached hydrogens (tertiary/aromatic N) is 1. The highest BCUT2D eigenvalue weighted by Gasteiger charge is 2.07. The largest absolute Gasteiger partial charge is 0.256 e. The predicted octanol–water partition coefficient (Wildman–Crippen LogP) is 4.21. The fraction of sp³-hybridized carbons (Fsp3) is 0. The number of fused-ring (bicyclic) bond motifs is 1. The van der Waals surface area contributed by atoms with Gasteiger partial charge in [-0.05, 0) is 11.5 Å². The van der Waals surface area contributed by atoms with Gasteiger partial charge in [0.15, 0.2) is 0 Å². The second-order valence-electron chi connectivity index (χ2n) is 2.33. The molecule has 0 aliphatic rings. The second-order valence-corrected chi connectivity index (χ2v) is 4.15. The van der Waals surface area contributed by atoms with Crippen LogP contribution in [-0.2, 0) is 0 Å². The van der Waals surface area contributed by atoms with E-state index >= 15 is 0 Å². The lowest BCUT2D eigenvalue weighted by Crippen LogP contribution is -1.60. The third-order valence-corrected chi connectivity index (χ3v) is 3.75. The van der Waals surface area contributed by atoms with Crippen molar-refractivity contribution in [1.29, 1.82) is 0 Å². The normalized spacial score (nSPS) is 10.0. The second kappa shape index (κ2) is 2.89. The molecular formula is C9H4BrNS. The van der Waals surface area contributed by atoms with Gasteiger partial charge in [-0.1, -0.05) is 34.1 Å². The third-order valence-electron chi connectivity index (χ3n) is 1.62. The van der Waals surface area contributed by atoms with Gasteiger partial charge in [-0.2, -0.15) is 11.3 Å². The van der Waals surface area contributed by atoms with Crippen molar-refractivity contribution in [2.45, 2.75) is 0 Å². The van der Waals surface area contributed by atoms with E-state index in [9.17, 15) is 0 Å². The van der Waals surface area contributed by atoms with E-state index in [0.29, 0.717) is 0 Å². The maximum Gasteiger partial charge on any atom is 0.256 e. The first kappa shape index (κ1) is 7.78. The molecule has 0 fully saturated rings. The molecule has 12 heavy (non-hydrogen) atoms. The van der Waals surface area contributed by atoms with Crippen LogP contribution in [0.15, 0.2) is 28.7 Å². The highest BCUT2D eigenvalue weighted by Crippen LogP contribution is 2.41. The van der Waals surface area contributed by atoms with Crippen LogP contribution in [0, 0.1) is 6.57 Å². The fourth-order valence-corrected chi connectivity index (χ4v) is 2.76. The minimum absolute atomic E-state index is 0.733. The molecule has 58 valence electrons. The minimum atomic E-state index is 0.733. The van der Waals surface area contributed by atoms with Crippen molar-refractivity contribution in [3.05, 3.63) is 40.2 Å². The summed E-state index contributed by atoms with van der Waals surface area (Å²) in [6.45, 7) is 6.92. The third kappa shape index (κ3) is 1.04. The first-order valence-corrected chi connectivity index (χ1v) is 4.98. The van der Waals surface area contributed by atoms with Crippen LogP contribution in [0.5, 0.6) is 0 Å². The van der Waals surface area contributed by atoms with Gasteiger partial charge in [0.25, 0.3) is 5.00 Å². The molecule has 0 aliphatic heterocycles. The Morgan fingerprint density at radius 1 is 1.33 bits per heavy atom. The van der Waals surface area contributed by atoms with Crippen molar-refractivity contribution >= 4 is 42.4 Å². The fourth-order valence-electron chi connectivity index (χ4n) is 1.07. The van der Waals surface area contributed by atoms with Crippen molar-refractivity contribution < 1.29 is 0 Å². The van der Waals surface area contributed by atoms with Crippen LogP contribution in [0.25, 0.3) is 14.9 Å². The summed E-state index contributed by atoms with van der Waals surface area (Å²) in [5.74, 6) is 0. The van der Waals surface area contributed by atoms with E-state index in [1.54, 1.807) is 0 Å². The van der Waals surface area contributed by atoms with E-state index in [-0.39, 0.29) is 0 Å². The molecule has 3 heteroatoms. The van der Waals surface area contributed by atoms with E-state index in [2.05, 4.69) is 20.8 Å². The Balaban J connectivity index is 2.90. The number of rotatable bonds is 0. The van der Waals surface area contributed by atoms with Gasteiger partial charge in [0, 0.05) is 9.17 Å². The zero-order valence-corrected chi connectivity index (χ0v) is 8.45. The van der Waals surface area contributed by atoms with E-state index in [4.69, 9.17) is 6.57 Å². The maximum atomic E-state index is 6.92. The van der Waals surface area contributed by atoms with Gasteiger partial charge in [0.2, 0.25) is 0 Å². The first-order chi connectivity index (χ1) is 5.83. The quantitative estimate of drug-likeness (QED) is 0.605. The Morgan fingerprint density at radius 2 is 2.08 bits per heavy atom. The predicted molar refractivity (Wildman–Crippen MR) is 55.8 cm³/mol. The summed E-state index contributed by atoms with van der Waals surface area (Å²) in [4.78, 5) is 3.43. The molecule has 1 aromatic carbocycles. The molecule has 0 spiro atoms. The standard InChI is InChI=1S/C9H4BrNS/c1-11-9-8(10)6-4-2-3-5-7(6)12-9/h2-5H. The Kier molecular flexibility index (Phi) is 1.87. The molecule has 1 heterocycles. The molecule has 1 nitrogen and oxygen atoms in total. The zero-order chi connectivity index (χ0) is 8.55. The first-order valence-electron chi connectivity index (χ1n) is 3.37. The molecule has 2 aromatic rings.